The van der Waals surface area contributed by atoms with E-state index in [1.54, 1.807) is 18.3 Å². The van der Waals surface area contributed by atoms with E-state index in [0.717, 1.165) is 6.42 Å². The number of pyridine rings is 1. The molecule has 0 radical (unpaired) electrons. The van der Waals surface area contributed by atoms with Gasteiger partial charge in [-0.25, -0.2) is 4.98 Å². The Hall–Kier alpha value is -2.85. The van der Waals surface area contributed by atoms with Crippen molar-refractivity contribution < 1.29 is 27.8 Å². The van der Waals surface area contributed by atoms with Gasteiger partial charge in [0.15, 0.2) is 12.2 Å². The summed E-state index contributed by atoms with van der Waals surface area (Å²) >= 11 is 0. The summed E-state index contributed by atoms with van der Waals surface area (Å²) in [5.41, 5.74) is 1.17. The Morgan fingerprint density at radius 3 is 2.69 bits per heavy atom. The molecule has 2 unspecified atom stereocenters. The standard InChI is InChI=1S/C19H21F3N4O3/c1-2-4-14(12-6-8-13(9-7-12)29-19(20,21)22)25-18(28)26-11-16(27)24-15-5-3-10-23-17(15)26/h3,5-10,14,18,25,28H,2,4,11H2,1H3,(H,24,27). The summed E-state index contributed by atoms with van der Waals surface area (Å²) in [5.74, 6) is -0.175. The first-order valence-electron chi connectivity index (χ1n) is 9.08. The van der Waals surface area contributed by atoms with Crippen LogP contribution in [0.3, 0.4) is 0 Å². The number of nitrogens with zero attached hydrogens (tertiary/aromatic N) is 2. The second-order valence-electron chi connectivity index (χ2n) is 6.55. The molecule has 0 saturated heterocycles. The summed E-state index contributed by atoms with van der Waals surface area (Å²) in [4.78, 5) is 17.6. The highest BCUT2D eigenvalue weighted by Crippen LogP contribution is 2.29. The van der Waals surface area contributed by atoms with Crippen molar-refractivity contribution in [2.45, 2.75) is 38.5 Å². The number of fused-ring (bicyclic) bond motifs is 1. The van der Waals surface area contributed by atoms with Crippen molar-refractivity contribution in [1.82, 2.24) is 10.3 Å². The van der Waals surface area contributed by atoms with Crippen molar-refractivity contribution in [3.05, 3.63) is 48.2 Å². The third-order valence-corrected chi connectivity index (χ3v) is 4.39. The van der Waals surface area contributed by atoms with Crippen LogP contribution in [0, 0.1) is 0 Å². The molecular formula is C19H21F3N4O3. The molecule has 3 N–H and O–H groups in total. The van der Waals surface area contributed by atoms with Gasteiger partial charge >= 0.3 is 6.36 Å². The van der Waals surface area contributed by atoms with E-state index in [4.69, 9.17) is 0 Å². The highest BCUT2D eigenvalue weighted by molar-refractivity contribution is 6.00. The Morgan fingerprint density at radius 1 is 1.31 bits per heavy atom. The van der Waals surface area contributed by atoms with Gasteiger partial charge in [-0.05, 0) is 36.2 Å². The van der Waals surface area contributed by atoms with Crippen LogP contribution in [-0.2, 0) is 4.79 Å². The van der Waals surface area contributed by atoms with Crippen LogP contribution in [0.15, 0.2) is 42.6 Å². The monoisotopic (exact) mass is 410 g/mol. The highest BCUT2D eigenvalue weighted by Gasteiger charge is 2.32. The normalized spacial score (nSPS) is 16.0. The molecule has 1 amide bonds. The van der Waals surface area contributed by atoms with E-state index >= 15 is 0 Å². The first-order valence-corrected chi connectivity index (χ1v) is 9.08. The zero-order chi connectivity index (χ0) is 21.0. The SMILES string of the molecule is CCCC(NC(O)N1CC(=O)Nc2cccnc21)c1ccc(OC(F)(F)F)cc1. The van der Waals surface area contributed by atoms with Crippen LogP contribution in [0.2, 0.25) is 0 Å². The van der Waals surface area contributed by atoms with Gasteiger partial charge < -0.3 is 20.1 Å². The molecule has 1 aromatic heterocycles. The summed E-state index contributed by atoms with van der Waals surface area (Å²) in [6, 6.07) is 8.48. The van der Waals surface area contributed by atoms with Gasteiger partial charge in [0.25, 0.3) is 0 Å². The number of carbonyl (C=O) groups is 1. The van der Waals surface area contributed by atoms with E-state index < -0.39 is 12.7 Å². The summed E-state index contributed by atoms with van der Waals surface area (Å²) < 4.78 is 40.9. The zero-order valence-electron chi connectivity index (χ0n) is 15.6. The molecule has 1 aliphatic rings. The van der Waals surface area contributed by atoms with Crippen LogP contribution in [0.1, 0.15) is 31.4 Å². The molecule has 1 aromatic carbocycles. The van der Waals surface area contributed by atoms with Crippen molar-refractivity contribution in [2.75, 3.05) is 16.8 Å². The van der Waals surface area contributed by atoms with E-state index in [0.29, 0.717) is 23.5 Å². The molecule has 7 nitrogen and oxygen atoms in total. The Labute approximate surface area is 165 Å². The Balaban J connectivity index is 1.76. The molecule has 2 atom stereocenters. The first-order chi connectivity index (χ1) is 13.8. The lowest BCUT2D eigenvalue weighted by atomic mass is 10.0. The molecule has 1 aliphatic heterocycles. The fourth-order valence-corrected chi connectivity index (χ4v) is 3.15. The first kappa shape index (κ1) is 20.9. The average Bonchev–Trinajstić information content (AvgIpc) is 2.66. The van der Waals surface area contributed by atoms with Crippen molar-refractivity contribution in [3.8, 4) is 5.75 Å². The van der Waals surface area contributed by atoms with E-state index in [9.17, 15) is 23.1 Å². The van der Waals surface area contributed by atoms with Crippen LogP contribution in [0.25, 0.3) is 0 Å². The molecule has 0 saturated carbocycles. The minimum absolute atomic E-state index is 0.0879. The molecule has 29 heavy (non-hydrogen) atoms. The summed E-state index contributed by atoms with van der Waals surface area (Å²) in [7, 11) is 0. The van der Waals surface area contributed by atoms with Crippen molar-refractivity contribution in [3.63, 3.8) is 0 Å². The van der Waals surface area contributed by atoms with Gasteiger partial charge in [-0.3, -0.25) is 10.1 Å². The fraction of sp³-hybridized carbons (Fsp3) is 0.368. The lowest BCUT2D eigenvalue weighted by Gasteiger charge is -2.35. The second kappa shape index (κ2) is 8.66. The van der Waals surface area contributed by atoms with Gasteiger partial charge in [0.2, 0.25) is 5.91 Å². The third-order valence-electron chi connectivity index (χ3n) is 4.39. The second-order valence-corrected chi connectivity index (χ2v) is 6.55. The van der Waals surface area contributed by atoms with Crippen LogP contribution in [0.4, 0.5) is 24.7 Å². The molecule has 0 bridgehead atoms. The highest BCUT2D eigenvalue weighted by atomic mass is 19.4. The van der Waals surface area contributed by atoms with E-state index in [2.05, 4.69) is 20.4 Å². The van der Waals surface area contributed by atoms with E-state index in [1.807, 2.05) is 6.92 Å². The minimum atomic E-state index is -4.76. The maximum Gasteiger partial charge on any atom is 0.573 e. The average molecular weight is 410 g/mol. The van der Waals surface area contributed by atoms with Gasteiger partial charge in [-0.2, -0.15) is 0 Å². The van der Waals surface area contributed by atoms with Crippen LogP contribution in [0.5, 0.6) is 5.75 Å². The number of hydrogen-bond acceptors (Lipinski definition) is 6. The van der Waals surface area contributed by atoms with Gasteiger partial charge in [0.05, 0.1) is 5.69 Å². The number of anilines is 2. The number of aliphatic hydroxyl groups is 1. The summed E-state index contributed by atoms with van der Waals surface area (Å²) in [5, 5.41) is 16.4. The summed E-state index contributed by atoms with van der Waals surface area (Å²) in [6.07, 6.45) is -3.05. The van der Waals surface area contributed by atoms with Crippen molar-refractivity contribution >= 4 is 17.4 Å². The number of halogens is 3. The van der Waals surface area contributed by atoms with E-state index in [1.165, 1.54) is 29.2 Å². The summed E-state index contributed by atoms with van der Waals surface area (Å²) in [6.45, 7) is 1.86. The number of nitrogens with one attached hydrogen (secondary N) is 2. The molecule has 2 heterocycles. The molecule has 0 fully saturated rings. The topological polar surface area (TPSA) is 86.7 Å². The van der Waals surface area contributed by atoms with Gasteiger partial charge in [-0.1, -0.05) is 25.5 Å². The number of benzene rings is 1. The predicted octanol–water partition coefficient (Wildman–Crippen LogP) is 3.15. The number of ether oxygens (including phenoxy) is 1. The number of hydrogen-bond donors (Lipinski definition) is 3. The van der Waals surface area contributed by atoms with Gasteiger partial charge in [0.1, 0.15) is 12.3 Å². The largest absolute Gasteiger partial charge is 0.573 e. The number of aliphatic hydroxyl groups excluding tert-OH is 1. The zero-order valence-corrected chi connectivity index (χ0v) is 15.6. The van der Waals surface area contributed by atoms with E-state index in [-0.39, 0.29) is 24.2 Å². The molecule has 0 aliphatic carbocycles. The number of carbonyl (C=O) groups excluding carboxylic acids is 1. The lowest BCUT2D eigenvalue weighted by molar-refractivity contribution is -0.274. The van der Waals surface area contributed by atoms with Crippen molar-refractivity contribution in [2.24, 2.45) is 0 Å². The smallest absolute Gasteiger partial charge is 0.406 e. The quantitative estimate of drug-likeness (QED) is 0.608. The molecule has 2 aromatic rings. The number of aromatic nitrogens is 1. The Morgan fingerprint density at radius 2 is 2.03 bits per heavy atom. The van der Waals surface area contributed by atoms with Gasteiger partial charge in [-0.15, -0.1) is 13.2 Å². The van der Waals surface area contributed by atoms with Crippen LogP contribution < -0.4 is 20.3 Å². The molecule has 10 heteroatoms. The van der Waals surface area contributed by atoms with Crippen molar-refractivity contribution in [1.29, 1.82) is 0 Å². The number of amides is 1. The van der Waals surface area contributed by atoms with Gasteiger partial charge in [0, 0.05) is 12.2 Å². The minimum Gasteiger partial charge on any atom is -0.406 e. The maximum atomic E-state index is 12.3. The van der Waals surface area contributed by atoms with Crippen LogP contribution >= 0.6 is 0 Å². The number of rotatable bonds is 7. The molecule has 0 spiro atoms. The molecular weight excluding hydrogens is 389 g/mol. The predicted molar refractivity (Wildman–Crippen MR) is 100 cm³/mol. The molecule has 3 rings (SSSR count). The maximum absolute atomic E-state index is 12.3. The molecule has 156 valence electrons. The lowest BCUT2D eigenvalue weighted by Crippen LogP contribution is -2.52. The Bertz CT molecular complexity index is 845. The van der Waals surface area contributed by atoms with Crippen LogP contribution in [-0.4, -0.2) is 35.3 Å². The third kappa shape index (κ3) is 5.36. The Kier molecular flexibility index (Phi) is 6.23. The number of alkyl halides is 3. The fourth-order valence-electron chi connectivity index (χ4n) is 3.15.